The Labute approximate surface area is 81.7 Å². The zero-order chi connectivity index (χ0) is 10.7. The third kappa shape index (κ3) is 2.22. The van der Waals surface area contributed by atoms with E-state index < -0.39 is 11.8 Å². The summed E-state index contributed by atoms with van der Waals surface area (Å²) in [7, 11) is 1.26. The number of carbonyl (C=O) groups is 1. The molecule has 0 aliphatic carbocycles. The van der Waals surface area contributed by atoms with E-state index in [-0.39, 0.29) is 12.0 Å². The van der Waals surface area contributed by atoms with Gasteiger partial charge in [0, 0.05) is 11.3 Å². The molecule has 0 unspecified atom stereocenters. The molecule has 0 aliphatic rings. The number of hydrogen-bond donors (Lipinski definition) is 1. The SMILES string of the molecule is COC(=O)Cc1cc(N)cc(C)c1F. The van der Waals surface area contributed by atoms with Crippen molar-refractivity contribution in [2.24, 2.45) is 0 Å². The van der Waals surface area contributed by atoms with Crippen molar-refractivity contribution >= 4 is 11.7 Å². The number of hydrogen-bond acceptors (Lipinski definition) is 3. The van der Waals surface area contributed by atoms with E-state index in [4.69, 9.17) is 5.73 Å². The van der Waals surface area contributed by atoms with E-state index in [1.807, 2.05) is 0 Å². The summed E-state index contributed by atoms with van der Waals surface area (Å²) in [5.74, 6) is -0.876. The molecule has 1 aromatic carbocycles. The maximum Gasteiger partial charge on any atom is 0.310 e. The topological polar surface area (TPSA) is 52.3 Å². The number of rotatable bonds is 2. The van der Waals surface area contributed by atoms with Crippen LogP contribution in [0, 0.1) is 12.7 Å². The van der Waals surface area contributed by atoms with Crippen molar-refractivity contribution in [1.29, 1.82) is 0 Å². The third-order valence-electron chi connectivity index (χ3n) is 1.91. The minimum atomic E-state index is -0.478. The van der Waals surface area contributed by atoms with Crippen molar-refractivity contribution in [1.82, 2.24) is 0 Å². The van der Waals surface area contributed by atoms with E-state index in [0.717, 1.165) is 0 Å². The van der Waals surface area contributed by atoms with Crippen LogP contribution in [-0.4, -0.2) is 13.1 Å². The summed E-state index contributed by atoms with van der Waals surface area (Å²) < 4.78 is 17.9. The Bertz CT molecular complexity index is 363. The first kappa shape index (κ1) is 10.5. The molecule has 76 valence electrons. The second-order valence-corrected chi connectivity index (χ2v) is 3.06. The number of methoxy groups -OCH3 is 1. The van der Waals surface area contributed by atoms with Gasteiger partial charge in [-0.05, 0) is 24.6 Å². The molecule has 0 aromatic heterocycles. The molecule has 0 atom stereocenters. The number of esters is 1. The highest BCUT2D eigenvalue weighted by molar-refractivity contribution is 5.73. The van der Waals surface area contributed by atoms with Gasteiger partial charge in [0.05, 0.1) is 13.5 Å². The van der Waals surface area contributed by atoms with Crippen molar-refractivity contribution in [3.05, 3.63) is 29.1 Å². The minimum absolute atomic E-state index is 0.0891. The Morgan fingerprint density at radius 1 is 1.57 bits per heavy atom. The summed E-state index contributed by atoms with van der Waals surface area (Å²) in [5.41, 5.74) is 6.68. The maximum atomic E-state index is 13.4. The Morgan fingerprint density at radius 2 is 2.21 bits per heavy atom. The highest BCUT2D eigenvalue weighted by atomic mass is 19.1. The number of halogens is 1. The van der Waals surface area contributed by atoms with E-state index in [2.05, 4.69) is 4.74 Å². The summed E-state index contributed by atoms with van der Waals surface area (Å²) in [4.78, 5) is 10.9. The number of benzene rings is 1. The molecule has 4 heteroatoms. The van der Waals surface area contributed by atoms with Crippen LogP contribution in [0.4, 0.5) is 10.1 Å². The summed E-state index contributed by atoms with van der Waals surface area (Å²) in [6.07, 6.45) is -0.0891. The average molecular weight is 197 g/mol. The van der Waals surface area contributed by atoms with E-state index >= 15 is 0 Å². The second kappa shape index (κ2) is 4.09. The Hall–Kier alpha value is -1.58. The number of nitrogen functional groups attached to an aromatic ring is 1. The fourth-order valence-corrected chi connectivity index (χ4v) is 1.23. The normalized spacial score (nSPS) is 9.93. The van der Waals surface area contributed by atoms with Crippen molar-refractivity contribution in [3.63, 3.8) is 0 Å². The highest BCUT2D eigenvalue weighted by Gasteiger charge is 2.11. The number of ether oxygens (including phenoxy) is 1. The molecule has 0 spiro atoms. The Morgan fingerprint density at radius 3 is 2.79 bits per heavy atom. The lowest BCUT2D eigenvalue weighted by atomic mass is 10.1. The van der Waals surface area contributed by atoms with Gasteiger partial charge in [0.2, 0.25) is 0 Å². The quantitative estimate of drug-likeness (QED) is 0.576. The monoisotopic (exact) mass is 197 g/mol. The molecule has 14 heavy (non-hydrogen) atoms. The van der Waals surface area contributed by atoms with Crippen LogP contribution in [0.15, 0.2) is 12.1 Å². The molecule has 3 nitrogen and oxygen atoms in total. The molecule has 0 bridgehead atoms. The standard InChI is InChI=1S/C10H12FNO2/c1-6-3-8(12)4-7(10(6)11)5-9(13)14-2/h3-4H,5,12H2,1-2H3. The van der Waals surface area contributed by atoms with E-state index in [0.29, 0.717) is 11.3 Å². The first-order valence-electron chi connectivity index (χ1n) is 4.16. The molecular weight excluding hydrogens is 185 g/mol. The van der Waals surface area contributed by atoms with Crippen LogP contribution < -0.4 is 5.73 Å². The lowest BCUT2D eigenvalue weighted by Crippen LogP contribution is -2.07. The minimum Gasteiger partial charge on any atom is -0.469 e. The highest BCUT2D eigenvalue weighted by Crippen LogP contribution is 2.17. The van der Waals surface area contributed by atoms with Gasteiger partial charge in [0.25, 0.3) is 0 Å². The summed E-state index contributed by atoms with van der Waals surface area (Å²) in [6, 6.07) is 2.97. The van der Waals surface area contributed by atoms with Crippen molar-refractivity contribution < 1.29 is 13.9 Å². The van der Waals surface area contributed by atoms with Crippen LogP contribution in [-0.2, 0) is 16.0 Å². The molecule has 0 saturated heterocycles. The lowest BCUT2D eigenvalue weighted by Gasteiger charge is -2.06. The summed E-state index contributed by atoms with van der Waals surface area (Å²) >= 11 is 0. The third-order valence-corrected chi connectivity index (χ3v) is 1.91. The molecule has 0 heterocycles. The van der Waals surface area contributed by atoms with Gasteiger partial charge in [-0.3, -0.25) is 4.79 Å². The van der Waals surface area contributed by atoms with Gasteiger partial charge < -0.3 is 10.5 Å². The Kier molecular flexibility index (Phi) is 3.06. The number of aryl methyl sites for hydroxylation is 1. The number of carbonyl (C=O) groups excluding carboxylic acids is 1. The average Bonchev–Trinajstić information content (AvgIpc) is 2.13. The van der Waals surface area contributed by atoms with Gasteiger partial charge in [-0.15, -0.1) is 0 Å². The van der Waals surface area contributed by atoms with Gasteiger partial charge >= 0.3 is 5.97 Å². The molecule has 0 radical (unpaired) electrons. The van der Waals surface area contributed by atoms with Crippen molar-refractivity contribution in [2.75, 3.05) is 12.8 Å². The van der Waals surface area contributed by atoms with Crippen molar-refractivity contribution in [3.8, 4) is 0 Å². The molecule has 0 saturated carbocycles. The van der Waals surface area contributed by atoms with Crippen LogP contribution in [0.2, 0.25) is 0 Å². The van der Waals surface area contributed by atoms with Gasteiger partial charge in [-0.1, -0.05) is 0 Å². The Balaban J connectivity index is 3.02. The van der Waals surface area contributed by atoms with E-state index in [1.54, 1.807) is 6.92 Å². The molecular formula is C10H12FNO2. The van der Waals surface area contributed by atoms with Gasteiger partial charge in [0.15, 0.2) is 0 Å². The van der Waals surface area contributed by atoms with Gasteiger partial charge in [0.1, 0.15) is 5.82 Å². The number of anilines is 1. The predicted molar refractivity (Wildman–Crippen MR) is 51.3 cm³/mol. The van der Waals surface area contributed by atoms with Crippen LogP contribution >= 0.6 is 0 Å². The zero-order valence-corrected chi connectivity index (χ0v) is 8.13. The first-order chi connectivity index (χ1) is 6.54. The maximum absolute atomic E-state index is 13.4. The molecule has 0 fully saturated rings. The predicted octanol–water partition coefficient (Wildman–Crippen LogP) is 1.43. The van der Waals surface area contributed by atoms with Crippen LogP contribution in [0.25, 0.3) is 0 Å². The van der Waals surface area contributed by atoms with Crippen LogP contribution in [0.5, 0.6) is 0 Å². The van der Waals surface area contributed by atoms with Crippen LogP contribution in [0.1, 0.15) is 11.1 Å². The second-order valence-electron chi connectivity index (χ2n) is 3.06. The summed E-state index contributed by atoms with van der Waals surface area (Å²) in [5, 5.41) is 0. The lowest BCUT2D eigenvalue weighted by molar-refractivity contribution is -0.139. The van der Waals surface area contributed by atoms with E-state index in [1.165, 1.54) is 19.2 Å². The smallest absolute Gasteiger partial charge is 0.310 e. The fraction of sp³-hybridized carbons (Fsp3) is 0.300. The molecule has 1 aromatic rings. The molecule has 2 N–H and O–H groups in total. The molecule has 0 aliphatic heterocycles. The molecule has 0 amide bonds. The zero-order valence-electron chi connectivity index (χ0n) is 8.13. The molecule has 1 rings (SSSR count). The first-order valence-corrected chi connectivity index (χ1v) is 4.16. The van der Waals surface area contributed by atoms with Crippen molar-refractivity contribution in [2.45, 2.75) is 13.3 Å². The number of nitrogens with two attached hydrogens (primary N) is 1. The van der Waals surface area contributed by atoms with Crippen LogP contribution in [0.3, 0.4) is 0 Å². The van der Waals surface area contributed by atoms with Gasteiger partial charge in [-0.25, -0.2) is 4.39 Å². The fourth-order valence-electron chi connectivity index (χ4n) is 1.23. The largest absolute Gasteiger partial charge is 0.469 e. The van der Waals surface area contributed by atoms with E-state index in [9.17, 15) is 9.18 Å². The van der Waals surface area contributed by atoms with Gasteiger partial charge in [-0.2, -0.15) is 0 Å². The summed E-state index contributed by atoms with van der Waals surface area (Å²) in [6.45, 7) is 1.60.